The van der Waals surface area contributed by atoms with Crippen LogP contribution < -0.4 is 15.1 Å². The Bertz CT molecular complexity index is 1000. The molecule has 3 heterocycles. The van der Waals surface area contributed by atoms with Gasteiger partial charge in [0.25, 0.3) is 11.8 Å². The van der Waals surface area contributed by atoms with Crippen molar-refractivity contribution in [1.29, 1.82) is 0 Å². The standard InChI is InChI=1S/C21H21N3O3S/c1-13-5-6-15(11-14(13)2)24-20(26)17(19(25)22-21(24)28)12-16-7-8-18(27-16)23-9-3-4-10-23/h5-8,11-12H,3-4,9-10H2,1-2H3,(H,22,25,28)/b17-12+. The quantitative estimate of drug-likeness (QED) is 0.491. The number of carbonyl (C=O) groups is 2. The zero-order valence-electron chi connectivity index (χ0n) is 15.8. The van der Waals surface area contributed by atoms with E-state index in [0.717, 1.165) is 42.9 Å². The summed E-state index contributed by atoms with van der Waals surface area (Å²) in [5.74, 6) is 0.244. The molecule has 2 aliphatic heterocycles. The largest absolute Gasteiger partial charge is 0.441 e. The summed E-state index contributed by atoms with van der Waals surface area (Å²) in [6.45, 7) is 5.88. The molecule has 2 saturated heterocycles. The average molecular weight is 395 g/mol. The van der Waals surface area contributed by atoms with Crippen LogP contribution in [0.5, 0.6) is 0 Å². The molecule has 1 aromatic carbocycles. The fourth-order valence-corrected chi connectivity index (χ4v) is 3.71. The number of furan rings is 1. The molecule has 28 heavy (non-hydrogen) atoms. The van der Waals surface area contributed by atoms with Crippen LogP contribution >= 0.6 is 12.2 Å². The first-order valence-electron chi connectivity index (χ1n) is 9.27. The predicted molar refractivity (Wildman–Crippen MR) is 112 cm³/mol. The molecule has 0 radical (unpaired) electrons. The number of hydrogen-bond acceptors (Lipinski definition) is 5. The van der Waals surface area contributed by atoms with Crippen LogP contribution in [0.15, 0.2) is 40.3 Å². The van der Waals surface area contributed by atoms with Gasteiger partial charge in [0.05, 0.1) is 5.69 Å². The van der Waals surface area contributed by atoms with Crippen LogP contribution in [0.2, 0.25) is 0 Å². The van der Waals surface area contributed by atoms with E-state index in [1.807, 2.05) is 38.1 Å². The van der Waals surface area contributed by atoms with Gasteiger partial charge in [0.15, 0.2) is 11.0 Å². The van der Waals surface area contributed by atoms with E-state index in [0.29, 0.717) is 11.4 Å². The number of nitrogens with zero attached hydrogens (tertiary/aromatic N) is 2. The van der Waals surface area contributed by atoms with Crippen LogP contribution in [0.1, 0.15) is 29.7 Å². The summed E-state index contributed by atoms with van der Waals surface area (Å²) >= 11 is 5.25. The van der Waals surface area contributed by atoms with Crippen molar-refractivity contribution in [1.82, 2.24) is 5.32 Å². The van der Waals surface area contributed by atoms with E-state index in [-0.39, 0.29) is 10.7 Å². The zero-order valence-corrected chi connectivity index (χ0v) is 16.6. The Morgan fingerprint density at radius 2 is 1.82 bits per heavy atom. The highest BCUT2D eigenvalue weighted by molar-refractivity contribution is 7.80. The molecule has 0 unspecified atom stereocenters. The highest BCUT2D eigenvalue weighted by Crippen LogP contribution is 2.27. The maximum Gasteiger partial charge on any atom is 0.270 e. The summed E-state index contributed by atoms with van der Waals surface area (Å²) in [5, 5.41) is 2.68. The molecule has 0 spiro atoms. The lowest BCUT2D eigenvalue weighted by molar-refractivity contribution is -0.122. The van der Waals surface area contributed by atoms with Gasteiger partial charge in [-0.3, -0.25) is 19.8 Å². The van der Waals surface area contributed by atoms with Crippen LogP contribution in [-0.2, 0) is 9.59 Å². The summed E-state index contributed by atoms with van der Waals surface area (Å²) in [7, 11) is 0. The van der Waals surface area contributed by atoms with Crippen molar-refractivity contribution in [3.63, 3.8) is 0 Å². The van der Waals surface area contributed by atoms with E-state index >= 15 is 0 Å². The Kier molecular flexibility index (Phi) is 4.77. The maximum atomic E-state index is 13.1. The smallest absolute Gasteiger partial charge is 0.270 e. The third-order valence-corrected chi connectivity index (χ3v) is 5.45. The first-order valence-corrected chi connectivity index (χ1v) is 9.68. The third kappa shape index (κ3) is 3.33. The number of carbonyl (C=O) groups excluding carboxylic acids is 2. The van der Waals surface area contributed by atoms with Crippen LogP contribution in [-0.4, -0.2) is 30.0 Å². The van der Waals surface area contributed by atoms with Gasteiger partial charge in [0.1, 0.15) is 11.3 Å². The monoisotopic (exact) mass is 395 g/mol. The topological polar surface area (TPSA) is 65.8 Å². The Morgan fingerprint density at radius 1 is 1.07 bits per heavy atom. The van der Waals surface area contributed by atoms with Gasteiger partial charge in [-0.25, -0.2) is 0 Å². The number of rotatable bonds is 3. The summed E-state index contributed by atoms with van der Waals surface area (Å²) in [5.41, 5.74) is 2.77. The molecule has 6 nitrogen and oxygen atoms in total. The summed E-state index contributed by atoms with van der Waals surface area (Å²) in [6.07, 6.45) is 3.76. The van der Waals surface area contributed by atoms with Gasteiger partial charge in [0, 0.05) is 19.2 Å². The molecule has 0 aliphatic carbocycles. The summed E-state index contributed by atoms with van der Waals surface area (Å²) < 4.78 is 5.84. The highest BCUT2D eigenvalue weighted by Gasteiger charge is 2.35. The second-order valence-electron chi connectivity index (χ2n) is 7.10. The van der Waals surface area contributed by atoms with Gasteiger partial charge in [0.2, 0.25) is 0 Å². The van der Waals surface area contributed by atoms with Crippen molar-refractivity contribution in [2.75, 3.05) is 22.9 Å². The van der Waals surface area contributed by atoms with Crippen LogP contribution in [0.25, 0.3) is 6.08 Å². The van der Waals surface area contributed by atoms with Gasteiger partial charge < -0.3 is 9.32 Å². The second kappa shape index (κ2) is 7.24. The molecule has 2 aliphatic rings. The molecular weight excluding hydrogens is 374 g/mol. The van der Waals surface area contributed by atoms with Crippen molar-refractivity contribution in [2.45, 2.75) is 26.7 Å². The molecule has 1 aromatic heterocycles. The fraction of sp³-hybridized carbons (Fsp3) is 0.286. The normalized spacial score (nSPS) is 18.9. The van der Waals surface area contributed by atoms with Crippen molar-refractivity contribution in [2.24, 2.45) is 0 Å². The Morgan fingerprint density at radius 3 is 2.54 bits per heavy atom. The number of anilines is 2. The maximum absolute atomic E-state index is 13.1. The first-order chi connectivity index (χ1) is 13.4. The minimum absolute atomic E-state index is 0.00542. The van der Waals surface area contributed by atoms with E-state index in [4.69, 9.17) is 16.6 Å². The van der Waals surface area contributed by atoms with E-state index in [9.17, 15) is 9.59 Å². The molecular formula is C21H21N3O3S. The zero-order chi connectivity index (χ0) is 19.8. The van der Waals surface area contributed by atoms with E-state index < -0.39 is 11.8 Å². The minimum Gasteiger partial charge on any atom is -0.441 e. The van der Waals surface area contributed by atoms with Crippen LogP contribution in [0.3, 0.4) is 0 Å². The number of amides is 2. The number of benzene rings is 1. The van der Waals surface area contributed by atoms with Gasteiger partial charge >= 0.3 is 0 Å². The van der Waals surface area contributed by atoms with Crippen LogP contribution in [0, 0.1) is 13.8 Å². The van der Waals surface area contributed by atoms with E-state index in [1.165, 1.54) is 11.0 Å². The lowest BCUT2D eigenvalue weighted by atomic mass is 10.1. The number of hydrogen-bond donors (Lipinski definition) is 1. The molecule has 2 amide bonds. The summed E-state index contributed by atoms with van der Waals surface area (Å²) in [6, 6.07) is 9.27. The van der Waals surface area contributed by atoms with E-state index in [1.54, 1.807) is 6.07 Å². The average Bonchev–Trinajstić information content (AvgIpc) is 3.33. The van der Waals surface area contributed by atoms with Gasteiger partial charge in [-0.1, -0.05) is 6.07 Å². The Labute approximate surface area is 168 Å². The van der Waals surface area contributed by atoms with Crippen molar-refractivity contribution in [3.05, 3.63) is 52.8 Å². The highest BCUT2D eigenvalue weighted by atomic mass is 32.1. The number of aryl methyl sites for hydroxylation is 2. The lowest BCUT2D eigenvalue weighted by Crippen LogP contribution is -2.54. The van der Waals surface area contributed by atoms with Gasteiger partial charge in [-0.2, -0.15) is 0 Å². The fourth-order valence-electron chi connectivity index (χ4n) is 3.43. The third-order valence-electron chi connectivity index (χ3n) is 5.17. The number of thiocarbonyl (C=S) groups is 1. The summed E-state index contributed by atoms with van der Waals surface area (Å²) in [4.78, 5) is 29.0. The Hall–Kier alpha value is -2.93. The van der Waals surface area contributed by atoms with Crippen molar-refractivity contribution in [3.8, 4) is 0 Å². The predicted octanol–water partition coefficient (Wildman–Crippen LogP) is 3.33. The molecule has 0 bridgehead atoms. The van der Waals surface area contributed by atoms with E-state index in [2.05, 4.69) is 10.2 Å². The van der Waals surface area contributed by atoms with Crippen LogP contribution in [0.4, 0.5) is 11.6 Å². The van der Waals surface area contributed by atoms with Gasteiger partial charge in [-0.15, -0.1) is 0 Å². The SMILES string of the molecule is Cc1ccc(N2C(=O)/C(=C/c3ccc(N4CCCC4)o3)C(=O)NC2=S)cc1C. The molecule has 2 aromatic rings. The Balaban J connectivity index is 1.65. The minimum atomic E-state index is -0.519. The molecule has 7 heteroatoms. The molecule has 0 saturated carbocycles. The molecule has 2 fully saturated rings. The first kappa shape index (κ1) is 18.4. The lowest BCUT2D eigenvalue weighted by Gasteiger charge is -2.29. The van der Waals surface area contributed by atoms with Crippen molar-refractivity contribution < 1.29 is 14.0 Å². The number of nitrogens with one attached hydrogen (secondary N) is 1. The molecule has 0 atom stereocenters. The molecule has 144 valence electrons. The molecule has 1 N–H and O–H groups in total. The van der Waals surface area contributed by atoms with Crippen molar-refractivity contribution >= 4 is 46.8 Å². The molecule has 4 rings (SSSR count). The second-order valence-corrected chi connectivity index (χ2v) is 7.48. The van der Waals surface area contributed by atoms with Gasteiger partial charge in [-0.05, 0) is 74.3 Å².